The van der Waals surface area contributed by atoms with Crippen LogP contribution in [-0.2, 0) is 16.0 Å². The van der Waals surface area contributed by atoms with Crippen molar-refractivity contribution < 1.29 is 24.9 Å². The van der Waals surface area contributed by atoms with E-state index in [0.717, 1.165) is 11.1 Å². The number of aliphatic hydroxyl groups is 2. The van der Waals surface area contributed by atoms with E-state index in [1.165, 1.54) is 6.07 Å². The zero-order chi connectivity index (χ0) is 23.5. The first-order chi connectivity index (χ1) is 15.3. The number of rotatable bonds is 1. The summed E-state index contributed by atoms with van der Waals surface area (Å²) >= 11 is 0. The van der Waals surface area contributed by atoms with Gasteiger partial charge in [-0.05, 0) is 49.5 Å². The summed E-state index contributed by atoms with van der Waals surface area (Å²) in [6, 6.07) is 5.01. The molecule has 2 rings (SSSR count). The zero-order valence-corrected chi connectivity index (χ0v) is 19.1. The lowest BCUT2D eigenvalue weighted by Crippen LogP contribution is -2.30. The van der Waals surface area contributed by atoms with Gasteiger partial charge in [-0.25, -0.2) is 0 Å². The molecule has 0 fully saturated rings. The van der Waals surface area contributed by atoms with Gasteiger partial charge in [0.15, 0.2) is 0 Å². The Morgan fingerprint density at radius 2 is 1.84 bits per heavy atom. The van der Waals surface area contributed by atoms with E-state index in [1.807, 2.05) is 50.3 Å². The van der Waals surface area contributed by atoms with Gasteiger partial charge in [0.1, 0.15) is 5.75 Å². The van der Waals surface area contributed by atoms with Gasteiger partial charge in [-0.15, -0.1) is 0 Å². The van der Waals surface area contributed by atoms with E-state index in [4.69, 9.17) is 4.74 Å². The highest BCUT2D eigenvalue weighted by Crippen LogP contribution is 2.23. The first kappa shape index (κ1) is 25.6. The number of aryl methyl sites for hydroxylation is 1. The van der Waals surface area contributed by atoms with E-state index < -0.39 is 12.2 Å². The maximum atomic E-state index is 12.4. The van der Waals surface area contributed by atoms with Crippen molar-refractivity contribution in [1.82, 2.24) is 0 Å². The lowest BCUT2D eigenvalue weighted by Gasteiger charge is -2.24. The predicted molar refractivity (Wildman–Crippen MR) is 127 cm³/mol. The van der Waals surface area contributed by atoms with Gasteiger partial charge in [0.25, 0.3) is 0 Å². The largest absolute Gasteiger partial charge is 0.508 e. The Bertz CT molecular complexity index is 871. The number of aromatic hydroxyl groups is 1. The second-order valence-corrected chi connectivity index (χ2v) is 8.21. The van der Waals surface area contributed by atoms with Crippen LogP contribution in [0.3, 0.4) is 0 Å². The van der Waals surface area contributed by atoms with E-state index in [2.05, 4.69) is 5.32 Å². The summed E-state index contributed by atoms with van der Waals surface area (Å²) in [4.78, 5) is 12.4. The van der Waals surface area contributed by atoms with E-state index in [1.54, 1.807) is 25.3 Å². The summed E-state index contributed by atoms with van der Waals surface area (Å²) in [5, 5.41) is 33.9. The van der Waals surface area contributed by atoms with Gasteiger partial charge in [0, 0.05) is 24.8 Å². The molecular weight excluding hydrogens is 406 g/mol. The van der Waals surface area contributed by atoms with E-state index in [-0.39, 0.29) is 30.1 Å². The molecule has 1 amide bonds. The van der Waals surface area contributed by atoms with E-state index >= 15 is 0 Å². The van der Waals surface area contributed by atoms with Crippen molar-refractivity contribution in [3.05, 3.63) is 71.9 Å². The molecule has 1 aliphatic rings. The molecule has 1 aromatic carbocycles. The van der Waals surface area contributed by atoms with Crippen LogP contribution in [0, 0.1) is 5.92 Å². The third kappa shape index (κ3) is 8.46. The van der Waals surface area contributed by atoms with Crippen LogP contribution in [0.2, 0.25) is 0 Å². The molecule has 174 valence electrons. The fourth-order valence-electron chi connectivity index (χ4n) is 3.56. The van der Waals surface area contributed by atoms with Gasteiger partial charge in [0.05, 0.1) is 24.7 Å². The summed E-state index contributed by atoms with van der Waals surface area (Å²) in [7, 11) is 1.55. The van der Waals surface area contributed by atoms with Crippen molar-refractivity contribution in [3.63, 3.8) is 0 Å². The number of aliphatic hydroxyl groups excluding tert-OH is 2. The number of benzene rings is 1. The molecule has 2 bridgehead atoms. The Morgan fingerprint density at radius 3 is 2.59 bits per heavy atom. The summed E-state index contributed by atoms with van der Waals surface area (Å²) in [5.41, 5.74) is 2.20. The Balaban J connectivity index is 2.25. The highest BCUT2D eigenvalue weighted by Gasteiger charge is 2.22. The fourth-order valence-corrected chi connectivity index (χ4v) is 3.56. The molecule has 4 N–H and O–H groups in total. The lowest BCUT2D eigenvalue weighted by molar-refractivity contribution is -0.117. The van der Waals surface area contributed by atoms with Crippen LogP contribution in [0.1, 0.15) is 38.7 Å². The highest BCUT2D eigenvalue weighted by molar-refractivity contribution is 5.91. The number of allylic oxidation sites excluding steroid dienone is 5. The molecule has 0 aliphatic carbocycles. The molecule has 0 saturated heterocycles. The topological polar surface area (TPSA) is 99.0 Å². The molecule has 6 heteroatoms. The molecule has 0 radical (unpaired) electrons. The highest BCUT2D eigenvalue weighted by atomic mass is 16.5. The zero-order valence-electron chi connectivity index (χ0n) is 19.1. The summed E-state index contributed by atoms with van der Waals surface area (Å²) in [6.07, 6.45) is 13.0. The van der Waals surface area contributed by atoms with Crippen LogP contribution in [-0.4, -0.2) is 46.6 Å². The van der Waals surface area contributed by atoms with Gasteiger partial charge in [-0.2, -0.15) is 0 Å². The normalized spacial score (nSPS) is 29.8. The predicted octanol–water partition coefficient (Wildman–Crippen LogP) is 4.04. The SMILES string of the molecule is CO[C@H]1C=C/C=C/C=C/C[C@H](O)[C@H](C)[C@@H](O)/C(C)=C\CCc2cc(O)cc(c2)NC(=O)C1. The lowest BCUT2D eigenvalue weighted by atomic mass is 9.90. The Morgan fingerprint density at radius 1 is 1.09 bits per heavy atom. The second kappa shape index (κ2) is 13.0. The number of hydrogen-bond acceptors (Lipinski definition) is 5. The van der Waals surface area contributed by atoms with E-state index in [0.29, 0.717) is 24.9 Å². The number of nitrogens with one attached hydrogen (secondary N) is 1. The average molecular weight is 442 g/mol. The summed E-state index contributed by atoms with van der Waals surface area (Å²) in [5.74, 6) is -0.442. The van der Waals surface area contributed by atoms with Crippen molar-refractivity contribution in [2.24, 2.45) is 5.92 Å². The Hall–Kier alpha value is -2.67. The van der Waals surface area contributed by atoms with Crippen LogP contribution < -0.4 is 5.32 Å². The third-order valence-corrected chi connectivity index (χ3v) is 5.59. The van der Waals surface area contributed by atoms with Crippen LogP contribution in [0.25, 0.3) is 0 Å². The Kier molecular flexibility index (Phi) is 10.4. The van der Waals surface area contributed by atoms with Crippen molar-refractivity contribution in [1.29, 1.82) is 0 Å². The van der Waals surface area contributed by atoms with Gasteiger partial charge in [-0.1, -0.05) is 49.5 Å². The minimum absolute atomic E-state index is 0.0782. The number of amides is 1. The van der Waals surface area contributed by atoms with Crippen molar-refractivity contribution in [3.8, 4) is 5.75 Å². The maximum absolute atomic E-state index is 12.4. The maximum Gasteiger partial charge on any atom is 0.227 e. The number of phenols is 1. The molecule has 1 aromatic rings. The standard InChI is InChI=1S/C26H35NO5/c1-18-10-9-11-20-14-21(16-22(28)15-20)27-25(30)17-23(32-3)12-7-5-4-6-8-13-24(29)19(2)26(18)31/h4-8,10,12,14-16,19,23-24,26,28-29,31H,9,11,13,17H2,1-3H3,(H,27,30)/b5-4+,8-6+,12-7?,18-10-/t19-,23-,24-,26-/m0/s1. The molecule has 1 aliphatic heterocycles. The van der Waals surface area contributed by atoms with Crippen LogP contribution in [0.4, 0.5) is 5.69 Å². The monoisotopic (exact) mass is 441 g/mol. The van der Waals surface area contributed by atoms with Crippen molar-refractivity contribution in [2.75, 3.05) is 12.4 Å². The third-order valence-electron chi connectivity index (χ3n) is 5.59. The molecule has 0 spiro atoms. The minimum Gasteiger partial charge on any atom is -0.508 e. The van der Waals surface area contributed by atoms with Gasteiger partial charge < -0.3 is 25.4 Å². The molecule has 4 atom stereocenters. The first-order valence-corrected chi connectivity index (χ1v) is 11.0. The number of anilines is 1. The molecule has 0 unspecified atom stereocenters. The second-order valence-electron chi connectivity index (χ2n) is 8.21. The minimum atomic E-state index is -0.740. The smallest absolute Gasteiger partial charge is 0.227 e. The number of fused-ring (bicyclic) bond motifs is 2. The molecule has 0 aromatic heterocycles. The number of carbonyl (C=O) groups excluding carboxylic acids is 1. The Labute approximate surface area is 190 Å². The molecule has 0 saturated carbocycles. The number of phenolic OH excluding ortho intramolecular Hbond substituents is 1. The van der Waals surface area contributed by atoms with Gasteiger partial charge in [-0.3, -0.25) is 4.79 Å². The first-order valence-electron chi connectivity index (χ1n) is 11.0. The van der Waals surface area contributed by atoms with Gasteiger partial charge >= 0.3 is 0 Å². The summed E-state index contributed by atoms with van der Waals surface area (Å²) < 4.78 is 5.36. The van der Waals surface area contributed by atoms with Crippen molar-refractivity contribution in [2.45, 2.75) is 57.8 Å². The summed E-state index contributed by atoms with van der Waals surface area (Å²) in [6.45, 7) is 3.69. The quantitative estimate of drug-likeness (QED) is 0.493. The van der Waals surface area contributed by atoms with Crippen LogP contribution >= 0.6 is 0 Å². The van der Waals surface area contributed by atoms with Crippen LogP contribution in [0.15, 0.2) is 66.3 Å². The number of methoxy groups -OCH3 is 1. The number of ether oxygens (including phenoxy) is 1. The number of hydrogen-bond donors (Lipinski definition) is 4. The molecule has 32 heavy (non-hydrogen) atoms. The average Bonchev–Trinajstić information content (AvgIpc) is 2.75. The molecular formula is C26H35NO5. The molecule has 6 nitrogen and oxygen atoms in total. The van der Waals surface area contributed by atoms with Crippen molar-refractivity contribution >= 4 is 11.6 Å². The molecule has 1 heterocycles. The van der Waals surface area contributed by atoms with Gasteiger partial charge in [0.2, 0.25) is 5.91 Å². The van der Waals surface area contributed by atoms with Crippen LogP contribution in [0.5, 0.6) is 5.75 Å². The number of carbonyl (C=O) groups is 1. The fraction of sp³-hybridized carbons (Fsp3) is 0.423. The van der Waals surface area contributed by atoms with E-state index in [9.17, 15) is 20.1 Å².